The summed E-state index contributed by atoms with van der Waals surface area (Å²) in [7, 11) is 1.69. The maximum absolute atomic E-state index is 12.7. The Morgan fingerprint density at radius 3 is 2.72 bits per heavy atom. The molecular weight excluding hydrogens is 230 g/mol. The molecule has 1 saturated carbocycles. The number of piperidine rings is 1. The van der Waals surface area contributed by atoms with E-state index >= 15 is 0 Å². The first-order valence-electron chi connectivity index (χ1n) is 7.14. The van der Waals surface area contributed by atoms with Crippen molar-refractivity contribution in [3.05, 3.63) is 0 Å². The molecule has 2 aliphatic rings. The molecule has 1 N–H and O–H groups in total. The van der Waals surface area contributed by atoms with Crippen molar-refractivity contribution in [3.8, 4) is 0 Å². The maximum atomic E-state index is 12.7. The molecule has 2 fully saturated rings. The quantitative estimate of drug-likeness (QED) is 0.829. The summed E-state index contributed by atoms with van der Waals surface area (Å²) in [5.41, 5.74) is -0.201. The zero-order valence-corrected chi connectivity index (χ0v) is 11.4. The number of likely N-dealkylation sites (tertiary alicyclic amines) is 1. The normalized spacial score (nSPS) is 27.4. The fourth-order valence-electron chi connectivity index (χ4n) is 3.39. The highest BCUT2D eigenvalue weighted by Gasteiger charge is 2.43. The minimum atomic E-state index is -0.330. The van der Waals surface area contributed by atoms with Crippen LogP contribution in [-0.4, -0.2) is 48.8 Å². The van der Waals surface area contributed by atoms with Gasteiger partial charge < -0.3 is 14.7 Å². The highest BCUT2D eigenvalue weighted by atomic mass is 16.5. The van der Waals surface area contributed by atoms with Gasteiger partial charge >= 0.3 is 0 Å². The van der Waals surface area contributed by atoms with Gasteiger partial charge in [0.25, 0.3) is 0 Å². The van der Waals surface area contributed by atoms with E-state index in [1.54, 1.807) is 7.11 Å². The largest absolute Gasteiger partial charge is 0.391 e. The van der Waals surface area contributed by atoms with Gasteiger partial charge in [-0.2, -0.15) is 0 Å². The molecule has 1 aliphatic heterocycles. The molecule has 0 spiro atoms. The van der Waals surface area contributed by atoms with Crippen LogP contribution < -0.4 is 0 Å². The van der Waals surface area contributed by atoms with Crippen molar-refractivity contribution in [1.29, 1.82) is 0 Å². The lowest BCUT2D eigenvalue weighted by atomic mass is 9.81. The van der Waals surface area contributed by atoms with E-state index in [4.69, 9.17) is 4.74 Å². The Bertz CT molecular complexity index is 287. The molecule has 0 aromatic carbocycles. The summed E-state index contributed by atoms with van der Waals surface area (Å²) in [4.78, 5) is 14.6. The van der Waals surface area contributed by atoms with Crippen molar-refractivity contribution >= 4 is 5.91 Å². The molecule has 1 aliphatic carbocycles. The average Bonchev–Trinajstić information content (AvgIpc) is 2.85. The SMILES string of the molecule is COCCC1(C(=O)N2CCCC(O)C2)CCCC1. The molecule has 1 unspecified atom stereocenters. The van der Waals surface area contributed by atoms with Crippen molar-refractivity contribution in [2.75, 3.05) is 26.8 Å². The van der Waals surface area contributed by atoms with Gasteiger partial charge in [0.2, 0.25) is 5.91 Å². The topological polar surface area (TPSA) is 49.8 Å². The lowest BCUT2D eigenvalue weighted by molar-refractivity contribution is -0.146. The zero-order chi connectivity index (χ0) is 13.0. The molecule has 104 valence electrons. The number of aliphatic hydroxyl groups excluding tert-OH is 1. The highest BCUT2D eigenvalue weighted by molar-refractivity contribution is 5.83. The molecular formula is C14H25NO3. The van der Waals surface area contributed by atoms with Crippen LogP contribution in [0.4, 0.5) is 0 Å². The van der Waals surface area contributed by atoms with Crippen LogP contribution >= 0.6 is 0 Å². The van der Waals surface area contributed by atoms with E-state index in [0.717, 1.165) is 51.5 Å². The van der Waals surface area contributed by atoms with Gasteiger partial charge in [0, 0.05) is 26.8 Å². The number of methoxy groups -OCH3 is 1. The highest BCUT2D eigenvalue weighted by Crippen LogP contribution is 2.43. The second-order valence-electron chi connectivity index (χ2n) is 5.78. The Morgan fingerprint density at radius 1 is 1.39 bits per heavy atom. The number of nitrogens with zero attached hydrogens (tertiary/aromatic N) is 1. The summed E-state index contributed by atoms with van der Waals surface area (Å²) in [6.07, 6.45) is 6.52. The van der Waals surface area contributed by atoms with Gasteiger partial charge in [-0.25, -0.2) is 0 Å². The first-order chi connectivity index (χ1) is 8.68. The minimum Gasteiger partial charge on any atom is -0.391 e. The molecule has 4 heteroatoms. The number of carbonyl (C=O) groups is 1. The number of hydrogen-bond donors (Lipinski definition) is 1. The average molecular weight is 255 g/mol. The first-order valence-corrected chi connectivity index (χ1v) is 7.14. The van der Waals surface area contributed by atoms with Crippen LogP contribution in [0.1, 0.15) is 44.9 Å². The number of carbonyl (C=O) groups excluding carboxylic acids is 1. The van der Waals surface area contributed by atoms with Crippen molar-refractivity contribution < 1.29 is 14.6 Å². The molecule has 1 heterocycles. The molecule has 1 saturated heterocycles. The Balaban J connectivity index is 2.03. The van der Waals surface area contributed by atoms with E-state index in [1.807, 2.05) is 4.90 Å². The minimum absolute atomic E-state index is 0.201. The number of ether oxygens (including phenoxy) is 1. The van der Waals surface area contributed by atoms with Gasteiger partial charge in [-0.1, -0.05) is 12.8 Å². The van der Waals surface area contributed by atoms with Crippen LogP contribution in [0.5, 0.6) is 0 Å². The molecule has 2 rings (SSSR count). The van der Waals surface area contributed by atoms with E-state index in [0.29, 0.717) is 13.2 Å². The lowest BCUT2D eigenvalue weighted by Gasteiger charge is -2.37. The van der Waals surface area contributed by atoms with Gasteiger partial charge in [0.15, 0.2) is 0 Å². The summed E-state index contributed by atoms with van der Waals surface area (Å²) >= 11 is 0. The van der Waals surface area contributed by atoms with Crippen molar-refractivity contribution in [2.24, 2.45) is 5.41 Å². The predicted molar refractivity (Wildman–Crippen MR) is 69.2 cm³/mol. The molecule has 1 atom stereocenters. The summed E-state index contributed by atoms with van der Waals surface area (Å²) in [5.74, 6) is 0.260. The van der Waals surface area contributed by atoms with E-state index in [9.17, 15) is 9.90 Å². The van der Waals surface area contributed by atoms with Crippen molar-refractivity contribution in [2.45, 2.75) is 51.0 Å². The predicted octanol–water partition coefficient (Wildman–Crippen LogP) is 1.57. The Morgan fingerprint density at radius 2 is 2.11 bits per heavy atom. The number of β-amino-alcohol motifs (C(OH)–C–C–N with tert-alkyl or cyclic N) is 1. The summed E-state index contributed by atoms with van der Waals surface area (Å²) in [6, 6.07) is 0. The fraction of sp³-hybridized carbons (Fsp3) is 0.929. The van der Waals surface area contributed by atoms with Crippen LogP contribution in [0.15, 0.2) is 0 Å². The second kappa shape index (κ2) is 6.02. The third kappa shape index (κ3) is 2.86. The molecule has 4 nitrogen and oxygen atoms in total. The smallest absolute Gasteiger partial charge is 0.228 e. The van der Waals surface area contributed by atoms with Gasteiger partial charge in [-0.05, 0) is 32.1 Å². The van der Waals surface area contributed by atoms with Crippen molar-refractivity contribution in [3.63, 3.8) is 0 Å². The van der Waals surface area contributed by atoms with Gasteiger partial charge in [-0.15, -0.1) is 0 Å². The zero-order valence-electron chi connectivity index (χ0n) is 11.4. The van der Waals surface area contributed by atoms with Crippen LogP contribution in [0.25, 0.3) is 0 Å². The van der Waals surface area contributed by atoms with E-state index in [-0.39, 0.29) is 17.4 Å². The van der Waals surface area contributed by atoms with Gasteiger partial charge in [0.05, 0.1) is 11.5 Å². The van der Waals surface area contributed by atoms with Gasteiger partial charge in [-0.3, -0.25) is 4.79 Å². The first kappa shape index (κ1) is 13.8. The van der Waals surface area contributed by atoms with Crippen LogP contribution in [0.3, 0.4) is 0 Å². The molecule has 0 aromatic heterocycles. The number of aliphatic hydroxyl groups is 1. The molecule has 0 bridgehead atoms. The Hall–Kier alpha value is -0.610. The Kier molecular flexibility index (Phi) is 4.62. The second-order valence-corrected chi connectivity index (χ2v) is 5.78. The fourth-order valence-corrected chi connectivity index (χ4v) is 3.39. The molecule has 18 heavy (non-hydrogen) atoms. The van der Waals surface area contributed by atoms with E-state index < -0.39 is 0 Å². The van der Waals surface area contributed by atoms with Crippen LogP contribution in [0.2, 0.25) is 0 Å². The molecule has 0 radical (unpaired) electrons. The monoisotopic (exact) mass is 255 g/mol. The van der Waals surface area contributed by atoms with Crippen LogP contribution in [-0.2, 0) is 9.53 Å². The number of rotatable bonds is 4. The van der Waals surface area contributed by atoms with E-state index in [1.165, 1.54) is 0 Å². The number of amides is 1. The van der Waals surface area contributed by atoms with Crippen LogP contribution in [0, 0.1) is 5.41 Å². The van der Waals surface area contributed by atoms with E-state index in [2.05, 4.69) is 0 Å². The summed E-state index contributed by atoms with van der Waals surface area (Å²) < 4.78 is 5.17. The summed E-state index contributed by atoms with van der Waals surface area (Å²) in [5, 5.41) is 9.71. The maximum Gasteiger partial charge on any atom is 0.228 e. The third-order valence-electron chi connectivity index (χ3n) is 4.48. The summed E-state index contributed by atoms with van der Waals surface area (Å²) in [6.45, 7) is 1.99. The van der Waals surface area contributed by atoms with Gasteiger partial charge in [0.1, 0.15) is 0 Å². The number of hydrogen-bond acceptors (Lipinski definition) is 3. The standard InChI is InChI=1S/C14H25NO3/c1-18-10-8-14(6-2-3-7-14)13(17)15-9-4-5-12(16)11-15/h12,16H,2-11H2,1H3. The Labute approximate surface area is 109 Å². The lowest BCUT2D eigenvalue weighted by Crippen LogP contribution is -2.49. The van der Waals surface area contributed by atoms with Crippen molar-refractivity contribution in [1.82, 2.24) is 4.90 Å². The molecule has 1 amide bonds. The molecule has 0 aromatic rings. The third-order valence-corrected chi connectivity index (χ3v) is 4.48.